The molecule has 0 bridgehead atoms. The summed E-state index contributed by atoms with van der Waals surface area (Å²) in [5.74, 6) is -2.52. The number of benzene rings is 2. The van der Waals surface area contributed by atoms with Gasteiger partial charge in [-0.25, -0.2) is 9.78 Å². The number of carbonyl (C=O) groups is 2. The van der Waals surface area contributed by atoms with E-state index in [1.807, 2.05) is 0 Å². The van der Waals surface area contributed by atoms with Gasteiger partial charge in [-0.2, -0.15) is 13.2 Å². The Balaban J connectivity index is 1.75. The lowest BCUT2D eigenvalue weighted by atomic mass is 10.1. The van der Waals surface area contributed by atoms with Crippen LogP contribution in [0, 0.1) is 17.0 Å². The Morgan fingerprint density at radius 1 is 1.16 bits per heavy atom. The van der Waals surface area contributed by atoms with Gasteiger partial charge >= 0.3 is 12.1 Å². The predicted octanol–water partition coefficient (Wildman–Crippen LogP) is 5.36. The quantitative estimate of drug-likeness (QED) is 0.136. The molecule has 0 saturated carbocycles. The number of halogens is 5. The topological polar surface area (TPSA) is 136 Å². The Morgan fingerprint density at radius 3 is 2.38 bits per heavy atom. The molecule has 192 valence electrons. The normalized spacial score (nSPS) is 11.0. The number of nitro groups is 1. The SMILES string of the molecule is Cc1ncc(C(F)(F)F)nc1C(=O)Oc1c(Cl)cc(NC(=S)NC(=O)c2ccccc2[N+](=O)[O-])cc1Cl. The molecule has 0 saturated heterocycles. The first-order valence-corrected chi connectivity index (χ1v) is 10.9. The summed E-state index contributed by atoms with van der Waals surface area (Å²) >= 11 is 17.3. The third-order valence-corrected chi connectivity index (χ3v) is 5.23. The first-order chi connectivity index (χ1) is 17.3. The van der Waals surface area contributed by atoms with Crippen molar-refractivity contribution in [3.8, 4) is 5.75 Å². The Kier molecular flexibility index (Phi) is 8.25. The molecule has 0 atom stereocenters. The van der Waals surface area contributed by atoms with E-state index >= 15 is 0 Å². The van der Waals surface area contributed by atoms with Crippen molar-refractivity contribution >= 4 is 63.8 Å². The van der Waals surface area contributed by atoms with Crippen LogP contribution in [-0.4, -0.2) is 31.9 Å². The van der Waals surface area contributed by atoms with Crippen LogP contribution in [0.15, 0.2) is 42.6 Å². The molecule has 1 amide bonds. The summed E-state index contributed by atoms with van der Waals surface area (Å²) in [6, 6.07) is 7.62. The van der Waals surface area contributed by atoms with E-state index in [1.54, 1.807) is 0 Å². The highest BCUT2D eigenvalue weighted by molar-refractivity contribution is 7.80. The average molecular weight is 574 g/mol. The van der Waals surface area contributed by atoms with Gasteiger partial charge in [-0.15, -0.1) is 0 Å². The highest BCUT2D eigenvalue weighted by Gasteiger charge is 2.34. The third-order valence-electron chi connectivity index (χ3n) is 4.46. The van der Waals surface area contributed by atoms with Gasteiger partial charge in [0.2, 0.25) is 0 Å². The molecule has 16 heteroatoms. The lowest BCUT2D eigenvalue weighted by molar-refractivity contribution is -0.385. The van der Waals surface area contributed by atoms with Crippen molar-refractivity contribution in [2.75, 3.05) is 5.32 Å². The highest BCUT2D eigenvalue weighted by Crippen LogP contribution is 2.37. The summed E-state index contributed by atoms with van der Waals surface area (Å²) in [6.07, 6.45) is -4.36. The van der Waals surface area contributed by atoms with E-state index in [0.29, 0.717) is 6.20 Å². The van der Waals surface area contributed by atoms with Crippen LogP contribution in [0.3, 0.4) is 0 Å². The Hall–Kier alpha value is -3.88. The van der Waals surface area contributed by atoms with Gasteiger partial charge < -0.3 is 10.1 Å². The summed E-state index contributed by atoms with van der Waals surface area (Å²) in [4.78, 5) is 42.0. The largest absolute Gasteiger partial charge is 0.434 e. The fourth-order valence-corrected chi connectivity index (χ4v) is 3.58. The van der Waals surface area contributed by atoms with Gasteiger partial charge in [0.1, 0.15) is 5.56 Å². The van der Waals surface area contributed by atoms with E-state index in [0.717, 1.165) is 6.07 Å². The minimum absolute atomic E-state index is 0.122. The van der Waals surface area contributed by atoms with Crippen molar-refractivity contribution in [3.63, 3.8) is 0 Å². The number of rotatable bonds is 5. The predicted molar refractivity (Wildman–Crippen MR) is 130 cm³/mol. The van der Waals surface area contributed by atoms with E-state index in [2.05, 4.69) is 20.6 Å². The summed E-state index contributed by atoms with van der Waals surface area (Å²) < 4.78 is 43.8. The summed E-state index contributed by atoms with van der Waals surface area (Å²) in [5.41, 5.74) is -2.74. The van der Waals surface area contributed by atoms with Gasteiger partial charge in [0.15, 0.2) is 22.2 Å². The van der Waals surface area contributed by atoms with Crippen LogP contribution in [0.2, 0.25) is 10.0 Å². The number of hydrogen-bond donors (Lipinski definition) is 2. The first kappa shape index (κ1) is 27.7. The van der Waals surface area contributed by atoms with Crippen molar-refractivity contribution in [1.82, 2.24) is 15.3 Å². The maximum absolute atomic E-state index is 12.9. The number of hydrogen-bond acceptors (Lipinski definition) is 8. The van der Waals surface area contributed by atoms with Crippen LogP contribution < -0.4 is 15.4 Å². The number of aryl methyl sites for hydroxylation is 1. The van der Waals surface area contributed by atoms with Crippen molar-refractivity contribution in [1.29, 1.82) is 0 Å². The lowest BCUT2D eigenvalue weighted by Gasteiger charge is -2.14. The Bertz CT molecular complexity index is 1410. The van der Waals surface area contributed by atoms with Crippen LogP contribution in [0.1, 0.15) is 32.2 Å². The smallest absolute Gasteiger partial charge is 0.419 e. The molecule has 1 heterocycles. The molecule has 0 aliphatic rings. The molecule has 0 spiro atoms. The molecule has 2 aromatic carbocycles. The van der Waals surface area contributed by atoms with Crippen molar-refractivity contribution in [2.24, 2.45) is 0 Å². The number of nitrogens with zero attached hydrogens (tertiary/aromatic N) is 3. The molecule has 10 nitrogen and oxygen atoms in total. The second-order valence-corrected chi connectivity index (χ2v) is 8.25. The molecule has 0 radical (unpaired) electrons. The van der Waals surface area contributed by atoms with E-state index in [9.17, 15) is 32.9 Å². The zero-order valence-electron chi connectivity index (χ0n) is 18.2. The average Bonchev–Trinajstić information content (AvgIpc) is 2.80. The molecule has 0 unspecified atom stereocenters. The maximum Gasteiger partial charge on any atom is 0.434 e. The molecule has 0 aliphatic heterocycles. The number of esters is 1. The fourth-order valence-electron chi connectivity index (χ4n) is 2.81. The Morgan fingerprint density at radius 2 is 1.78 bits per heavy atom. The first-order valence-electron chi connectivity index (χ1n) is 9.75. The van der Waals surface area contributed by atoms with Crippen LogP contribution in [0.4, 0.5) is 24.5 Å². The van der Waals surface area contributed by atoms with Crippen LogP contribution in [0.5, 0.6) is 5.75 Å². The molecule has 0 fully saturated rings. The number of aromatic nitrogens is 2. The zero-order valence-corrected chi connectivity index (χ0v) is 20.6. The summed E-state index contributed by atoms with van der Waals surface area (Å²) in [7, 11) is 0. The van der Waals surface area contributed by atoms with E-state index in [4.69, 9.17) is 40.2 Å². The maximum atomic E-state index is 12.9. The lowest BCUT2D eigenvalue weighted by Crippen LogP contribution is -2.34. The minimum Gasteiger partial charge on any atom is -0.419 e. The molecule has 2 N–H and O–H groups in total. The number of nitro benzene ring substituents is 1. The van der Waals surface area contributed by atoms with Gasteiger partial charge in [0, 0.05) is 11.8 Å². The van der Waals surface area contributed by atoms with Gasteiger partial charge in [-0.05, 0) is 37.3 Å². The van der Waals surface area contributed by atoms with Crippen LogP contribution in [0.25, 0.3) is 0 Å². The van der Waals surface area contributed by atoms with Crippen LogP contribution >= 0.6 is 35.4 Å². The van der Waals surface area contributed by atoms with E-state index in [-0.39, 0.29) is 37.9 Å². The number of alkyl halides is 3. The number of carbonyl (C=O) groups excluding carboxylic acids is 2. The number of para-hydroxylation sites is 1. The second kappa shape index (κ2) is 11.0. The summed E-state index contributed by atoms with van der Waals surface area (Å²) in [6.45, 7) is 1.26. The van der Waals surface area contributed by atoms with Gasteiger partial charge in [-0.3, -0.25) is 25.2 Å². The van der Waals surface area contributed by atoms with E-state index in [1.165, 1.54) is 37.3 Å². The number of thiocarbonyl (C=S) groups is 1. The van der Waals surface area contributed by atoms with Crippen molar-refractivity contribution < 1.29 is 32.4 Å². The molecular formula is C21H12Cl2F3N5O5S. The monoisotopic (exact) mass is 573 g/mol. The fraction of sp³-hybridized carbons (Fsp3) is 0.0952. The molecule has 3 aromatic rings. The van der Waals surface area contributed by atoms with Crippen molar-refractivity contribution in [3.05, 3.63) is 85.4 Å². The zero-order chi connectivity index (χ0) is 27.5. The third kappa shape index (κ3) is 6.67. The number of ether oxygens (including phenoxy) is 1. The number of nitrogens with one attached hydrogen (secondary N) is 2. The highest BCUT2D eigenvalue weighted by atomic mass is 35.5. The van der Waals surface area contributed by atoms with E-state index < -0.39 is 40.1 Å². The standard InChI is InChI=1S/C21H12Cl2F3N5O5S/c1-9-16(29-15(8-27-9)21(24,25)26)19(33)36-17-12(22)6-10(7-13(17)23)28-20(37)30-18(32)11-4-2-3-5-14(11)31(34)35/h2-8H,1H3,(H2,28,30,32,37). The Labute approximate surface area is 220 Å². The molecule has 0 aliphatic carbocycles. The number of anilines is 1. The molecule has 1 aromatic heterocycles. The molecule has 37 heavy (non-hydrogen) atoms. The van der Waals surface area contributed by atoms with Gasteiger partial charge in [0.05, 0.1) is 26.9 Å². The molecule has 3 rings (SSSR count). The number of amides is 1. The molecular weight excluding hydrogens is 562 g/mol. The van der Waals surface area contributed by atoms with Crippen molar-refractivity contribution in [2.45, 2.75) is 13.1 Å². The summed E-state index contributed by atoms with van der Waals surface area (Å²) in [5, 5.41) is 15.2. The minimum atomic E-state index is -4.84. The van der Waals surface area contributed by atoms with Gasteiger partial charge in [0.25, 0.3) is 11.6 Å². The van der Waals surface area contributed by atoms with Gasteiger partial charge in [-0.1, -0.05) is 35.3 Å². The second-order valence-electron chi connectivity index (χ2n) is 7.03. The van der Waals surface area contributed by atoms with Crippen LogP contribution in [-0.2, 0) is 6.18 Å².